The summed E-state index contributed by atoms with van der Waals surface area (Å²) in [4.78, 5) is 28.8. The molecule has 0 aliphatic carbocycles. The molecule has 1 unspecified atom stereocenters. The number of amides is 2. The molecule has 0 saturated carbocycles. The molecule has 0 saturated heterocycles. The smallest absolute Gasteiger partial charge is 0.243 e. The minimum Gasteiger partial charge on any atom is -0.352 e. The van der Waals surface area contributed by atoms with E-state index >= 15 is 0 Å². The van der Waals surface area contributed by atoms with Crippen molar-refractivity contribution in [3.05, 3.63) is 106 Å². The SMILES string of the molecule is Cc1cccc(CC(=O)N(Cc2cccc(Br)c2)C(Cc2ccccc2)C(=O)NC(C)C)c1. The zero-order chi connectivity index (χ0) is 23.8. The lowest BCUT2D eigenvalue weighted by Crippen LogP contribution is -2.52. The van der Waals surface area contributed by atoms with E-state index in [4.69, 9.17) is 0 Å². The van der Waals surface area contributed by atoms with Crippen LogP contribution in [0.15, 0.2) is 83.3 Å². The Morgan fingerprint density at radius 3 is 2.21 bits per heavy atom. The molecule has 1 N–H and O–H groups in total. The normalized spacial score (nSPS) is 11.8. The predicted molar refractivity (Wildman–Crippen MR) is 137 cm³/mol. The van der Waals surface area contributed by atoms with Crippen LogP contribution in [0.5, 0.6) is 0 Å². The third-order valence-corrected chi connectivity index (χ3v) is 5.88. The minimum atomic E-state index is -0.619. The van der Waals surface area contributed by atoms with Crippen molar-refractivity contribution < 1.29 is 9.59 Å². The van der Waals surface area contributed by atoms with Crippen molar-refractivity contribution in [1.82, 2.24) is 10.2 Å². The van der Waals surface area contributed by atoms with Crippen molar-refractivity contribution >= 4 is 27.7 Å². The maximum Gasteiger partial charge on any atom is 0.243 e. The second-order valence-electron chi connectivity index (χ2n) is 8.69. The van der Waals surface area contributed by atoms with Gasteiger partial charge in [0.25, 0.3) is 0 Å². The van der Waals surface area contributed by atoms with E-state index in [1.165, 1.54) is 0 Å². The number of nitrogens with one attached hydrogen (secondary N) is 1. The van der Waals surface area contributed by atoms with Crippen LogP contribution < -0.4 is 5.32 Å². The summed E-state index contributed by atoms with van der Waals surface area (Å²) in [6, 6.07) is 25.1. The lowest BCUT2D eigenvalue weighted by atomic mass is 10.0. The van der Waals surface area contributed by atoms with Gasteiger partial charge in [-0.15, -0.1) is 0 Å². The quantitative estimate of drug-likeness (QED) is 0.418. The molecule has 0 radical (unpaired) electrons. The van der Waals surface area contributed by atoms with Crippen molar-refractivity contribution in [2.45, 2.75) is 52.2 Å². The molecule has 4 nitrogen and oxygen atoms in total. The van der Waals surface area contributed by atoms with E-state index in [1.807, 2.05) is 99.6 Å². The van der Waals surface area contributed by atoms with E-state index in [2.05, 4.69) is 21.2 Å². The second kappa shape index (κ2) is 11.8. The van der Waals surface area contributed by atoms with Crippen LogP contribution in [0.1, 0.15) is 36.1 Å². The van der Waals surface area contributed by atoms with Crippen LogP contribution in [-0.2, 0) is 29.0 Å². The average Bonchev–Trinajstić information content (AvgIpc) is 2.76. The molecule has 0 aromatic heterocycles. The lowest BCUT2D eigenvalue weighted by Gasteiger charge is -2.32. The van der Waals surface area contributed by atoms with Crippen LogP contribution in [0.2, 0.25) is 0 Å². The first-order valence-electron chi connectivity index (χ1n) is 11.3. The van der Waals surface area contributed by atoms with Gasteiger partial charge in [-0.1, -0.05) is 88.2 Å². The Labute approximate surface area is 205 Å². The number of carbonyl (C=O) groups excluding carboxylic acids is 2. The molecule has 0 fully saturated rings. The molecular weight excluding hydrogens is 476 g/mol. The highest BCUT2D eigenvalue weighted by Crippen LogP contribution is 2.19. The van der Waals surface area contributed by atoms with Crippen molar-refractivity contribution in [3.63, 3.8) is 0 Å². The Morgan fingerprint density at radius 2 is 1.55 bits per heavy atom. The summed E-state index contributed by atoms with van der Waals surface area (Å²) >= 11 is 3.52. The molecule has 0 heterocycles. The molecule has 2 amide bonds. The fourth-order valence-electron chi connectivity index (χ4n) is 3.86. The van der Waals surface area contributed by atoms with Crippen LogP contribution >= 0.6 is 15.9 Å². The molecule has 5 heteroatoms. The van der Waals surface area contributed by atoms with Gasteiger partial charge in [-0.3, -0.25) is 9.59 Å². The molecule has 172 valence electrons. The third kappa shape index (κ3) is 7.57. The molecule has 0 spiro atoms. The van der Waals surface area contributed by atoms with Gasteiger partial charge in [0.1, 0.15) is 6.04 Å². The fourth-order valence-corrected chi connectivity index (χ4v) is 4.31. The predicted octanol–water partition coefficient (Wildman–Crippen LogP) is 5.46. The van der Waals surface area contributed by atoms with Crippen molar-refractivity contribution in [1.29, 1.82) is 0 Å². The van der Waals surface area contributed by atoms with Gasteiger partial charge < -0.3 is 10.2 Å². The van der Waals surface area contributed by atoms with E-state index in [0.717, 1.165) is 26.7 Å². The van der Waals surface area contributed by atoms with Crippen LogP contribution in [0.3, 0.4) is 0 Å². The zero-order valence-electron chi connectivity index (χ0n) is 19.4. The van der Waals surface area contributed by atoms with E-state index in [0.29, 0.717) is 13.0 Å². The Kier molecular flexibility index (Phi) is 8.84. The number of aryl methyl sites for hydroxylation is 1. The highest BCUT2D eigenvalue weighted by Gasteiger charge is 2.30. The first-order valence-corrected chi connectivity index (χ1v) is 12.0. The van der Waals surface area contributed by atoms with Crippen LogP contribution in [0, 0.1) is 6.92 Å². The lowest BCUT2D eigenvalue weighted by molar-refractivity contribution is -0.141. The Hall–Kier alpha value is -2.92. The number of halogens is 1. The molecule has 0 aliphatic rings. The van der Waals surface area contributed by atoms with Gasteiger partial charge in [0.2, 0.25) is 11.8 Å². The summed E-state index contributed by atoms with van der Waals surface area (Å²) in [5, 5.41) is 3.03. The van der Waals surface area contributed by atoms with Gasteiger partial charge in [0, 0.05) is 23.5 Å². The van der Waals surface area contributed by atoms with E-state index in [1.54, 1.807) is 4.90 Å². The molecule has 3 aromatic rings. The topological polar surface area (TPSA) is 49.4 Å². The summed E-state index contributed by atoms with van der Waals surface area (Å²) in [6.45, 7) is 6.24. The maximum absolute atomic E-state index is 13.7. The molecule has 3 aromatic carbocycles. The molecular formula is C28H31BrN2O2. The number of benzene rings is 3. The summed E-state index contributed by atoms with van der Waals surface area (Å²) in [6.07, 6.45) is 0.697. The van der Waals surface area contributed by atoms with E-state index in [-0.39, 0.29) is 24.3 Å². The number of carbonyl (C=O) groups is 2. The van der Waals surface area contributed by atoms with E-state index < -0.39 is 6.04 Å². The number of hydrogen-bond acceptors (Lipinski definition) is 2. The van der Waals surface area contributed by atoms with Gasteiger partial charge in [0.05, 0.1) is 6.42 Å². The second-order valence-corrected chi connectivity index (χ2v) is 9.60. The first-order chi connectivity index (χ1) is 15.8. The summed E-state index contributed by atoms with van der Waals surface area (Å²) in [5.41, 5.74) is 4.04. The Bertz CT molecular complexity index is 1080. The van der Waals surface area contributed by atoms with E-state index in [9.17, 15) is 9.59 Å². The van der Waals surface area contributed by atoms with Crippen molar-refractivity contribution in [2.24, 2.45) is 0 Å². The Balaban J connectivity index is 1.97. The maximum atomic E-state index is 13.7. The van der Waals surface area contributed by atoms with Gasteiger partial charge >= 0.3 is 0 Å². The summed E-state index contributed by atoms with van der Waals surface area (Å²) in [7, 11) is 0. The number of nitrogens with zero attached hydrogens (tertiary/aromatic N) is 1. The first kappa shape index (κ1) is 24.7. The standard InChI is InChI=1S/C28H31BrN2O2/c1-20(2)30-28(33)26(17-22-10-5-4-6-11-22)31(19-24-13-8-14-25(29)16-24)27(32)18-23-12-7-9-21(3)15-23/h4-16,20,26H,17-19H2,1-3H3,(H,30,33). The molecule has 3 rings (SSSR count). The number of hydrogen-bond donors (Lipinski definition) is 1. The summed E-state index contributed by atoms with van der Waals surface area (Å²) < 4.78 is 0.942. The average molecular weight is 507 g/mol. The summed E-state index contributed by atoms with van der Waals surface area (Å²) in [5.74, 6) is -0.207. The fraction of sp³-hybridized carbons (Fsp3) is 0.286. The molecule has 0 bridgehead atoms. The van der Waals surface area contributed by atoms with Gasteiger partial charge in [-0.25, -0.2) is 0 Å². The zero-order valence-corrected chi connectivity index (χ0v) is 21.0. The van der Waals surface area contributed by atoms with Crippen LogP contribution in [0.4, 0.5) is 0 Å². The molecule has 1 atom stereocenters. The highest BCUT2D eigenvalue weighted by atomic mass is 79.9. The van der Waals surface area contributed by atoms with Gasteiger partial charge in [0.15, 0.2) is 0 Å². The van der Waals surface area contributed by atoms with Crippen LogP contribution in [0.25, 0.3) is 0 Å². The van der Waals surface area contributed by atoms with Crippen molar-refractivity contribution in [3.8, 4) is 0 Å². The van der Waals surface area contributed by atoms with Crippen molar-refractivity contribution in [2.75, 3.05) is 0 Å². The van der Waals surface area contributed by atoms with Gasteiger partial charge in [-0.05, 0) is 49.6 Å². The third-order valence-electron chi connectivity index (χ3n) is 5.38. The van der Waals surface area contributed by atoms with Gasteiger partial charge in [-0.2, -0.15) is 0 Å². The molecule has 33 heavy (non-hydrogen) atoms. The number of rotatable bonds is 9. The monoisotopic (exact) mass is 506 g/mol. The minimum absolute atomic E-state index is 0.0182. The molecule has 0 aliphatic heterocycles. The highest BCUT2D eigenvalue weighted by molar-refractivity contribution is 9.10. The largest absolute Gasteiger partial charge is 0.352 e. The van der Waals surface area contributed by atoms with Crippen LogP contribution in [-0.4, -0.2) is 28.8 Å². The Morgan fingerprint density at radius 1 is 0.879 bits per heavy atom.